The number of nitrogens with zero attached hydrogens (tertiary/aromatic N) is 2. The molecule has 4 aromatic rings. The Morgan fingerprint density at radius 2 is 1.82 bits per heavy atom. The van der Waals surface area contributed by atoms with Crippen LogP contribution >= 0.6 is 0 Å². The summed E-state index contributed by atoms with van der Waals surface area (Å²) in [7, 11) is 0. The second kappa shape index (κ2) is 11.4. The SMILES string of the molecule is CCC(=O)CCCCC[C@H](NC(=O)c1ccc2ncccc2c1)c1ncc(-c2ccccc2)[nH]1. The first-order chi connectivity index (χ1) is 16.6. The number of pyridine rings is 1. The van der Waals surface area contributed by atoms with Gasteiger partial charge in [-0.3, -0.25) is 14.6 Å². The number of hydrogen-bond acceptors (Lipinski definition) is 4. The monoisotopic (exact) mass is 454 g/mol. The van der Waals surface area contributed by atoms with Gasteiger partial charge in [-0.05, 0) is 42.7 Å². The third-order valence-electron chi connectivity index (χ3n) is 6.02. The van der Waals surface area contributed by atoms with Crippen LogP contribution in [0.2, 0.25) is 0 Å². The molecule has 2 aromatic carbocycles. The van der Waals surface area contributed by atoms with E-state index >= 15 is 0 Å². The Balaban J connectivity index is 1.49. The highest BCUT2D eigenvalue weighted by molar-refractivity contribution is 5.98. The number of aromatic nitrogens is 3. The highest BCUT2D eigenvalue weighted by Crippen LogP contribution is 2.23. The first-order valence-electron chi connectivity index (χ1n) is 11.9. The van der Waals surface area contributed by atoms with Crippen LogP contribution in [0.5, 0.6) is 0 Å². The van der Waals surface area contributed by atoms with Crippen LogP contribution in [-0.4, -0.2) is 26.6 Å². The van der Waals surface area contributed by atoms with Crippen molar-refractivity contribution in [2.75, 3.05) is 0 Å². The molecule has 6 heteroatoms. The van der Waals surface area contributed by atoms with Crippen LogP contribution in [0.3, 0.4) is 0 Å². The van der Waals surface area contributed by atoms with Crippen LogP contribution in [0.25, 0.3) is 22.2 Å². The number of H-pyrrole nitrogens is 1. The summed E-state index contributed by atoms with van der Waals surface area (Å²) in [6.45, 7) is 1.90. The molecule has 6 nitrogen and oxygen atoms in total. The van der Waals surface area contributed by atoms with Crippen LogP contribution in [0.15, 0.2) is 73.1 Å². The standard InChI is InChI=1S/C28H30N4O2/c1-2-23(33)13-7-4-8-14-25(27-30-19-26(31-27)20-10-5-3-6-11-20)32-28(34)22-15-16-24-21(18-22)12-9-17-29-24/h3,5-6,9-12,15-19,25H,2,4,7-8,13-14H2,1H3,(H,30,31)(H,32,34)/t25-/m0/s1. The van der Waals surface area contributed by atoms with E-state index in [2.05, 4.69) is 20.3 Å². The molecule has 0 fully saturated rings. The number of carbonyl (C=O) groups excluding carboxylic acids is 2. The van der Waals surface area contributed by atoms with Crippen molar-refractivity contribution in [3.63, 3.8) is 0 Å². The van der Waals surface area contributed by atoms with Gasteiger partial charge >= 0.3 is 0 Å². The summed E-state index contributed by atoms with van der Waals surface area (Å²) in [4.78, 5) is 37.1. The molecule has 0 saturated carbocycles. The summed E-state index contributed by atoms with van der Waals surface area (Å²) in [5.74, 6) is 0.892. The molecule has 0 spiro atoms. The molecule has 174 valence electrons. The molecule has 2 aromatic heterocycles. The zero-order valence-electron chi connectivity index (χ0n) is 19.5. The molecule has 0 aliphatic carbocycles. The fourth-order valence-corrected chi connectivity index (χ4v) is 4.04. The van der Waals surface area contributed by atoms with Gasteiger partial charge in [-0.25, -0.2) is 4.98 Å². The summed E-state index contributed by atoms with van der Waals surface area (Å²) >= 11 is 0. The number of amides is 1. The first kappa shape index (κ1) is 23.4. The molecule has 0 unspecified atom stereocenters. The topological polar surface area (TPSA) is 87.7 Å². The molecule has 2 heterocycles. The van der Waals surface area contributed by atoms with E-state index in [1.807, 2.05) is 67.7 Å². The highest BCUT2D eigenvalue weighted by atomic mass is 16.1. The first-order valence-corrected chi connectivity index (χ1v) is 11.9. The Hall–Kier alpha value is -3.80. The largest absolute Gasteiger partial charge is 0.342 e. The van der Waals surface area contributed by atoms with Crippen molar-refractivity contribution in [1.29, 1.82) is 0 Å². The minimum Gasteiger partial charge on any atom is -0.342 e. The van der Waals surface area contributed by atoms with Gasteiger partial charge in [-0.2, -0.15) is 0 Å². The Kier molecular flexibility index (Phi) is 7.81. The number of nitrogens with one attached hydrogen (secondary N) is 2. The van der Waals surface area contributed by atoms with Gasteiger partial charge < -0.3 is 10.3 Å². The Labute approximate surface area is 199 Å². The summed E-state index contributed by atoms with van der Waals surface area (Å²) in [6.07, 6.45) is 8.21. The molecule has 0 bridgehead atoms. The van der Waals surface area contributed by atoms with Crippen LogP contribution in [0.1, 0.15) is 67.7 Å². The summed E-state index contributed by atoms with van der Waals surface area (Å²) in [5, 5.41) is 4.10. The van der Waals surface area contributed by atoms with Gasteiger partial charge in [0.05, 0.1) is 23.4 Å². The molecule has 34 heavy (non-hydrogen) atoms. The fraction of sp³-hybridized carbons (Fsp3) is 0.286. The van der Waals surface area contributed by atoms with Crippen molar-refractivity contribution in [3.05, 3.63) is 84.4 Å². The minimum absolute atomic E-state index is 0.144. The number of rotatable bonds is 11. The fourth-order valence-electron chi connectivity index (χ4n) is 4.04. The second-order valence-corrected chi connectivity index (χ2v) is 8.48. The van der Waals surface area contributed by atoms with Crippen LogP contribution in [-0.2, 0) is 4.79 Å². The molecule has 1 atom stereocenters. The third kappa shape index (κ3) is 5.95. The van der Waals surface area contributed by atoms with E-state index in [-0.39, 0.29) is 11.9 Å². The van der Waals surface area contributed by atoms with Crippen LogP contribution in [0.4, 0.5) is 0 Å². The van der Waals surface area contributed by atoms with E-state index in [1.54, 1.807) is 12.3 Å². The van der Waals surface area contributed by atoms with Crippen LogP contribution < -0.4 is 5.32 Å². The molecular formula is C28H30N4O2. The number of imidazole rings is 1. The number of hydrogen-bond donors (Lipinski definition) is 2. The quantitative estimate of drug-likeness (QED) is 0.271. The second-order valence-electron chi connectivity index (χ2n) is 8.48. The van der Waals surface area contributed by atoms with Gasteiger partial charge in [-0.15, -0.1) is 0 Å². The van der Waals surface area contributed by atoms with Gasteiger partial charge in [0.25, 0.3) is 5.91 Å². The van der Waals surface area contributed by atoms with E-state index in [0.29, 0.717) is 24.2 Å². The maximum atomic E-state index is 13.1. The lowest BCUT2D eigenvalue weighted by Crippen LogP contribution is -2.29. The van der Waals surface area contributed by atoms with Crippen molar-refractivity contribution in [1.82, 2.24) is 20.3 Å². The number of aromatic amines is 1. The van der Waals surface area contributed by atoms with Gasteiger partial charge in [0.1, 0.15) is 11.6 Å². The van der Waals surface area contributed by atoms with Crippen LogP contribution in [0, 0.1) is 0 Å². The molecule has 0 aliphatic rings. The van der Waals surface area contributed by atoms with Crippen molar-refractivity contribution in [3.8, 4) is 11.3 Å². The predicted octanol–water partition coefficient (Wildman–Crippen LogP) is 6.03. The zero-order chi connectivity index (χ0) is 23.8. The van der Waals surface area contributed by atoms with Gasteiger partial charge in [-0.1, -0.05) is 56.2 Å². The average Bonchev–Trinajstić information content (AvgIpc) is 3.38. The smallest absolute Gasteiger partial charge is 0.251 e. The summed E-state index contributed by atoms with van der Waals surface area (Å²) in [6, 6.07) is 19.1. The number of ketones is 1. The van der Waals surface area contributed by atoms with Crippen molar-refractivity contribution in [2.45, 2.75) is 51.5 Å². The number of Topliss-reactive ketones (excluding diaryl/α,β-unsaturated/α-hetero) is 1. The lowest BCUT2D eigenvalue weighted by molar-refractivity contribution is -0.118. The average molecular weight is 455 g/mol. The Morgan fingerprint density at radius 3 is 2.65 bits per heavy atom. The van der Waals surface area contributed by atoms with E-state index in [1.165, 1.54) is 0 Å². The maximum absolute atomic E-state index is 13.1. The predicted molar refractivity (Wildman–Crippen MR) is 134 cm³/mol. The molecule has 4 rings (SSSR count). The molecule has 0 radical (unpaired) electrons. The third-order valence-corrected chi connectivity index (χ3v) is 6.02. The van der Waals surface area contributed by atoms with Gasteiger partial charge in [0.15, 0.2) is 0 Å². The zero-order valence-corrected chi connectivity index (χ0v) is 19.5. The number of fused-ring (bicyclic) bond motifs is 1. The Bertz CT molecular complexity index is 1250. The number of benzene rings is 2. The lowest BCUT2D eigenvalue weighted by atomic mass is 10.0. The van der Waals surface area contributed by atoms with E-state index in [9.17, 15) is 9.59 Å². The van der Waals surface area contributed by atoms with Crippen molar-refractivity contribution < 1.29 is 9.59 Å². The van der Waals surface area contributed by atoms with Gasteiger partial charge in [0, 0.05) is 30.0 Å². The molecule has 2 N–H and O–H groups in total. The van der Waals surface area contributed by atoms with Crippen molar-refractivity contribution >= 4 is 22.6 Å². The van der Waals surface area contributed by atoms with Gasteiger partial charge in [0.2, 0.25) is 0 Å². The maximum Gasteiger partial charge on any atom is 0.251 e. The molecule has 1 amide bonds. The van der Waals surface area contributed by atoms with E-state index in [0.717, 1.165) is 53.7 Å². The van der Waals surface area contributed by atoms with E-state index < -0.39 is 0 Å². The number of carbonyl (C=O) groups is 2. The molecular weight excluding hydrogens is 424 g/mol. The summed E-state index contributed by atoms with van der Waals surface area (Å²) < 4.78 is 0. The minimum atomic E-state index is -0.253. The number of unbranched alkanes of at least 4 members (excludes halogenated alkanes) is 2. The van der Waals surface area contributed by atoms with E-state index in [4.69, 9.17) is 0 Å². The summed E-state index contributed by atoms with van der Waals surface area (Å²) in [5.41, 5.74) is 3.41. The molecule has 0 saturated heterocycles. The van der Waals surface area contributed by atoms with Crippen molar-refractivity contribution in [2.24, 2.45) is 0 Å². The molecule has 0 aliphatic heterocycles. The Morgan fingerprint density at radius 1 is 0.971 bits per heavy atom. The highest BCUT2D eigenvalue weighted by Gasteiger charge is 2.19. The normalized spacial score (nSPS) is 11.9. The lowest BCUT2D eigenvalue weighted by Gasteiger charge is -2.17.